The molecule has 0 fully saturated rings. The van der Waals surface area contributed by atoms with E-state index in [-0.39, 0.29) is 0 Å². The standard InChI is InChI=1S/C13H20BrNO/c1-4-10(2)8-15-9-11-6-5-7-12(14)13(11)16-3/h5-7,10,15H,4,8-9H2,1-3H3. The molecule has 1 unspecified atom stereocenters. The Morgan fingerprint density at radius 3 is 2.81 bits per heavy atom. The molecule has 1 aromatic rings. The molecule has 90 valence electrons. The van der Waals surface area contributed by atoms with Crippen LogP contribution in [0.25, 0.3) is 0 Å². The highest BCUT2D eigenvalue weighted by Crippen LogP contribution is 2.28. The predicted molar refractivity (Wildman–Crippen MR) is 71.9 cm³/mol. The van der Waals surface area contributed by atoms with Gasteiger partial charge in [0.1, 0.15) is 5.75 Å². The fourth-order valence-corrected chi connectivity index (χ4v) is 2.09. The fraction of sp³-hybridized carbons (Fsp3) is 0.538. The smallest absolute Gasteiger partial charge is 0.137 e. The van der Waals surface area contributed by atoms with Crippen molar-refractivity contribution in [1.82, 2.24) is 5.32 Å². The molecule has 1 atom stereocenters. The van der Waals surface area contributed by atoms with E-state index < -0.39 is 0 Å². The number of methoxy groups -OCH3 is 1. The van der Waals surface area contributed by atoms with Crippen LogP contribution in [-0.4, -0.2) is 13.7 Å². The van der Waals surface area contributed by atoms with Crippen molar-refractivity contribution in [2.24, 2.45) is 5.92 Å². The normalized spacial score (nSPS) is 12.5. The summed E-state index contributed by atoms with van der Waals surface area (Å²) in [5.41, 5.74) is 1.19. The van der Waals surface area contributed by atoms with Crippen molar-refractivity contribution in [2.45, 2.75) is 26.8 Å². The van der Waals surface area contributed by atoms with Gasteiger partial charge in [-0.1, -0.05) is 32.4 Å². The van der Waals surface area contributed by atoms with Crippen LogP contribution in [0, 0.1) is 5.92 Å². The molecule has 0 radical (unpaired) electrons. The molecule has 0 saturated carbocycles. The third-order valence-electron chi connectivity index (χ3n) is 2.76. The van der Waals surface area contributed by atoms with E-state index in [0.717, 1.165) is 29.2 Å². The highest BCUT2D eigenvalue weighted by molar-refractivity contribution is 9.10. The Labute approximate surface area is 107 Å². The lowest BCUT2D eigenvalue weighted by Gasteiger charge is -2.13. The van der Waals surface area contributed by atoms with Crippen LogP contribution in [0.1, 0.15) is 25.8 Å². The highest BCUT2D eigenvalue weighted by atomic mass is 79.9. The van der Waals surface area contributed by atoms with Gasteiger partial charge in [0.2, 0.25) is 0 Å². The van der Waals surface area contributed by atoms with Crippen molar-refractivity contribution < 1.29 is 4.74 Å². The number of ether oxygens (including phenoxy) is 1. The molecule has 0 heterocycles. The van der Waals surface area contributed by atoms with Gasteiger partial charge < -0.3 is 10.1 Å². The Bertz CT molecular complexity index is 328. The fourth-order valence-electron chi connectivity index (χ4n) is 1.52. The van der Waals surface area contributed by atoms with Gasteiger partial charge in [-0.3, -0.25) is 0 Å². The Morgan fingerprint density at radius 1 is 1.44 bits per heavy atom. The second-order valence-electron chi connectivity index (χ2n) is 4.08. The molecule has 0 aliphatic rings. The molecule has 0 amide bonds. The van der Waals surface area contributed by atoms with Crippen LogP contribution in [0.3, 0.4) is 0 Å². The van der Waals surface area contributed by atoms with E-state index in [1.807, 2.05) is 12.1 Å². The number of hydrogen-bond donors (Lipinski definition) is 1. The SMILES string of the molecule is CCC(C)CNCc1cccc(Br)c1OC. The molecule has 1 rings (SSSR count). The minimum absolute atomic E-state index is 0.721. The lowest BCUT2D eigenvalue weighted by Crippen LogP contribution is -2.20. The summed E-state index contributed by atoms with van der Waals surface area (Å²) in [6, 6.07) is 6.12. The summed E-state index contributed by atoms with van der Waals surface area (Å²) in [6.07, 6.45) is 1.21. The number of para-hydroxylation sites is 1. The van der Waals surface area contributed by atoms with E-state index in [0.29, 0.717) is 0 Å². The van der Waals surface area contributed by atoms with Gasteiger partial charge in [-0.05, 0) is 34.5 Å². The van der Waals surface area contributed by atoms with Crippen molar-refractivity contribution in [2.75, 3.05) is 13.7 Å². The number of nitrogens with one attached hydrogen (secondary N) is 1. The topological polar surface area (TPSA) is 21.3 Å². The second kappa shape index (κ2) is 6.92. The van der Waals surface area contributed by atoms with E-state index >= 15 is 0 Å². The molecule has 3 heteroatoms. The Morgan fingerprint density at radius 2 is 2.19 bits per heavy atom. The van der Waals surface area contributed by atoms with Crippen molar-refractivity contribution in [3.63, 3.8) is 0 Å². The lowest BCUT2D eigenvalue weighted by molar-refractivity contribution is 0.403. The monoisotopic (exact) mass is 285 g/mol. The number of benzene rings is 1. The van der Waals surface area contributed by atoms with Gasteiger partial charge in [0.25, 0.3) is 0 Å². The third-order valence-corrected chi connectivity index (χ3v) is 3.38. The molecule has 0 bridgehead atoms. The van der Waals surface area contributed by atoms with Gasteiger partial charge in [-0.15, -0.1) is 0 Å². The first-order chi connectivity index (χ1) is 7.69. The molecule has 0 saturated heterocycles. The summed E-state index contributed by atoms with van der Waals surface area (Å²) in [5.74, 6) is 1.65. The number of rotatable bonds is 6. The summed E-state index contributed by atoms with van der Waals surface area (Å²) in [7, 11) is 1.71. The van der Waals surface area contributed by atoms with Crippen molar-refractivity contribution in [1.29, 1.82) is 0 Å². The maximum atomic E-state index is 5.37. The zero-order chi connectivity index (χ0) is 12.0. The van der Waals surface area contributed by atoms with E-state index in [9.17, 15) is 0 Å². The van der Waals surface area contributed by atoms with Crippen LogP contribution in [-0.2, 0) is 6.54 Å². The summed E-state index contributed by atoms with van der Waals surface area (Å²) in [4.78, 5) is 0. The Kier molecular flexibility index (Phi) is 5.85. The van der Waals surface area contributed by atoms with Crippen LogP contribution in [0.2, 0.25) is 0 Å². The lowest BCUT2D eigenvalue weighted by atomic mass is 10.1. The van der Waals surface area contributed by atoms with Crippen LogP contribution >= 0.6 is 15.9 Å². The average molecular weight is 286 g/mol. The first kappa shape index (κ1) is 13.5. The first-order valence-corrected chi connectivity index (χ1v) is 6.50. The molecule has 0 spiro atoms. The molecule has 1 aromatic carbocycles. The molecule has 16 heavy (non-hydrogen) atoms. The summed E-state index contributed by atoms with van der Waals surface area (Å²) in [5, 5.41) is 3.45. The molecule has 2 nitrogen and oxygen atoms in total. The minimum atomic E-state index is 0.721. The first-order valence-electron chi connectivity index (χ1n) is 5.71. The van der Waals surface area contributed by atoms with Crippen LogP contribution in [0.4, 0.5) is 0 Å². The van der Waals surface area contributed by atoms with Crippen molar-refractivity contribution in [3.05, 3.63) is 28.2 Å². The van der Waals surface area contributed by atoms with Crippen molar-refractivity contribution in [3.8, 4) is 5.75 Å². The largest absolute Gasteiger partial charge is 0.495 e. The van der Waals surface area contributed by atoms with Gasteiger partial charge in [-0.2, -0.15) is 0 Å². The molecule has 1 N–H and O–H groups in total. The molecular weight excluding hydrogens is 266 g/mol. The average Bonchev–Trinajstić information content (AvgIpc) is 2.29. The maximum absolute atomic E-state index is 5.37. The van der Waals surface area contributed by atoms with Crippen molar-refractivity contribution >= 4 is 15.9 Å². The zero-order valence-corrected chi connectivity index (χ0v) is 11.8. The molecule has 0 aromatic heterocycles. The molecular formula is C13H20BrNO. The van der Waals surface area contributed by atoms with Crippen LogP contribution < -0.4 is 10.1 Å². The van der Waals surface area contributed by atoms with E-state index in [1.54, 1.807) is 7.11 Å². The molecule has 0 aliphatic carbocycles. The summed E-state index contributed by atoms with van der Waals surface area (Å²) < 4.78 is 6.38. The quantitative estimate of drug-likeness (QED) is 0.862. The van der Waals surface area contributed by atoms with E-state index in [2.05, 4.69) is 41.2 Å². The van der Waals surface area contributed by atoms with Gasteiger partial charge in [0.15, 0.2) is 0 Å². The molecule has 0 aliphatic heterocycles. The minimum Gasteiger partial charge on any atom is -0.495 e. The summed E-state index contributed by atoms with van der Waals surface area (Å²) in [6.45, 7) is 6.37. The van der Waals surface area contributed by atoms with Gasteiger partial charge >= 0.3 is 0 Å². The van der Waals surface area contributed by atoms with Gasteiger partial charge in [0, 0.05) is 12.1 Å². The summed E-state index contributed by atoms with van der Waals surface area (Å²) >= 11 is 3.49. The number of halogens is 1. The highest BCUT2D eigenvalue weighted by Gasteiger charge is 2.06. The maximum Gasteiger partial charge on any atom is 0.137 e. The van der Waals surface area contributed by atoms with Crippen LogP contribution in [0.5, 0.6) is 5.75 Å². The second-order valence-corrected chi connectivity index (χ2v) is 4.93. The van der Waals surface area contributed by atoms with Gasteiger partial charge in [-0.25, -0.2) is 0 Å². The van der Waals surface area contributed by atoms with E-state index in [4.69, 9.17) is 4.74 Å². The van der Waals surface area contributed by atoms with Gasteiger partial charge in [0.05, 0.1) is 11.6 Å². The zero-order valence-electron chi connectivity index (χ0n) is 10.2. The Balaban J connectivity index is 2.56. The Hall–Kier alpha value is -0.540. The predicted octanol–water partition coefficient (Wildman–Crippen LogP) is 3.59. The van der Waals surface area contributed by atoms with E-state index in [1.165, 1.54) is 12.0 Å². The number of hydrogen-bond acceptors (Lipinski definition) is 2. The van der Waals surface area contributed by atoms with Crippen LogP contribution in [0.15, 0.2) is 22.7 Å². The third kappa shape index (κ3) is 3.80.